The van der Waals surface area contributed by atoms with Gasteiger partial charge >= 0.3 is 17.9 Å². The fourth-order valence-electron chi connectivity index (χ4n) is 7.20. The van der Waals surface area contributed by atoms with E-state index in [0.29, 0.717) is 19.3 Å². The molecule has 55 heavy (non-hydrogen) atoms. The van der Waals surface area contributed by atoms with Crippen molar-refractivity contribution < 1.29 is 28.6 Å². The molecule has 2 atom stereocenters. The van der Waals surface area contributed by atoms with Crippen molar-refractivity contribution in [2.24, 2.45) is 17.8 Å². The van der Waals surface area contributed by atoms with Crippen LogP contribution in [-0.4, -0.2) is 37.2 Å². The second-order valence-electron chi connectivity index (χ2n) is 17.9. The van der Waals surface area contributed by atoms with E-state index in [9.17, 15) is 14.4 Å². The summed E-state index contributed by atoms with van der Waals surface area (Å²) in [5, 5.41) is 0. The quantitative estimate of drug-likeness (QED) is 0.0349. The van der Waals surface area contributed by atoms with Crippen molar-refractivity contribution in [3.05, 3.63) is 0 Å². The van der Waals surface area contributed by atoms with Crippen molar-refractivity contribution in [2.75, 3.05) is 13.2 Å². The molecule has 0 aromatic rings. The molecule has 6 nitrogen and oxygen atoms in total. The molecule has 0 saturated carbocycles. The van der Waals surface area contributed by atoms with Gasteiger partial charge in [-0.05, 0) is 37.0 Å². The van der Waals surface area contributed by atoms with Crippen molar-refractivity contribution in [1.82, 2.24) is 0 Å². The maximum atomic E-state index is 12.7. The van der Waals surface area contributed by atoms with E-state index in [1.54, 1.807) is 0 Å². The summed E-state index contributed by atoms with van der Waals surface area (Å²) in [5.74, 6) is 1.60. The lowest BCUT2D eigenvalue weighted by molar-refractivity contribution is -0.167. The number of hydrogen-bond donors (Lipinski definition) is 0. The van der Waals surface area contributed by atoms with Gasteiger partial charge in [0.05, 0.1) is 0 Å². The SMILES string of the molecule is CCC(C)CCCCCCCCC(=O)OC[C@@H](COC(=O)CCCCCCCCCCCCC(C)C)OC(=O)CCCCCCCCCCCCCC(C)C. The Balaban J connectivity index is 4.34. The van der Waals surface area contributed by atoms with Gasteiger partial charge in [0.15, 0.2) is 6.10 Å². The summed E-state index contributed by atoms with van der Waals surface area (Å²) in [7, 11) is 0. The lowest BCUT2D eigenvalue weighted by atomic mass is 10.00. The van der Waals surface area contributed by atoms with Gasteiger partial charge < -0.3 is 14.2 Å². The minimum atomic E-state index is -0.762. The molecule has 6 heteroatoms. The number of carbonyl (C=O) groups is 3. The van der Waals surface area contributed by atoms with Crippen LogP contribution in [0, 0.1) is 17.8 Å². The molecular formula is C49H94O6. The van der Waals surface area contributed by atoms with Crippen molar-refractivity contribution in [3.63, 3.8) is 0 Å². The lowest BCUT2D eigenvalue weighted by Gasteiger charge is -2.18. The van der Waals surface area contributed by atoms with Crippen LogP contribution < -0.4 is 0 Å². The molecule has 0 fully saturated rings. The summed E-state index contributed by atoms with van der Waals surface area (Å²) in [6.07, 6.45) is 38.0. The molecule has 326 valence electrons. The summed E-state index contributed by atoms with van der Waals surface area (Å²) < 4.78 is 16.7. The zero-order valence-electron chi connectivity index (χ0n) is 37.7. The van der Waals surface area contributed by atoms with Crippen LogP contribution in [0.25, 0.3) is 0 Å². The average molecular weight is 779 g/mol. The highest BCUT2D eigenvalue weighted by Crippen LogP contribution is 2.17. The minimum absolute atomic E-state index is 0.0661. The molecule has 1 unspecified atom stereocenters. The zero-order chi connectivity index (χ0) is 40.6. The van der Waals surface area contributed by atoms with E-state index in [-0.39, 0.29) is 31.1 Å². The van der Waals surface area contributed by atoms with Gasteiger partial charge in [-0.1, -0.05) is 221 Å². The Labute approximate surface area is 342 Å². The van der Waals surface area contributed by atoms with Crippen molar-refractivity contribution in [1.29, 1.82) is 0 Å². The molecule has 0 saturated heterocycles. The Morgan fingerprint density at radius 3 is 0.945 bits per heavy atom. The number of ether oxygens (including phenoxy) is 3. The van der Waals surface area contributed by atoms with Crippen LogP contribution in [0.15, 0.2) is 0 Å². The number of hydrogen-bond acceptors (Lipinski definition) is 6. The van der Waals surface area contributed by atoms with Crippen LogP contribution in [0.4, 0.5) is 0 Å². The second-order valence-corrected chi connectivity index (χ2v) is 17.9. The Kier molecular flexibility index (Phi) is 39.4. The molecule has 0 bridgehead atoms. The summed E-state index contributed by atoms with van der Waals surface area (Å²) >= 11 is 0. The van der Waals surface area contributed by atoms with Gasteiger partial charge in [0.1, 0.15) is 13.2 Å². The molecular weight excluding hydrogens is 685 g/mol. The van der Waals surface area contributed by atoms with Crippen LogP contribution in [0.3, 0.4) is 0 Å². The minimum Gasteiger partial charge on any atom is -0.462 e. The molecule has 0 heterocycles. The van der Waals surface area contributed by atoms with E-state index in [1.807, 2.05) is 0 Å². The predicted molar refractivity (Wildman–Crippen MR) is 233 cm³/mol. The first-order valence-electron chi connectivity index (χ1n) is 24.1. The topological polar surface area (TPSA) is 78.9 Å². The third-order valence-corrected chi connectivity index (χ3v) is 11.3. The Morgan fingerprint density at radius 2 is 0.636 bits per heavy atom. The first-order valence-corrected chi connectivity index (χ1v) is 24.1. The first-order chi connectivity index (χ1) is 26.6. The van der Waals surface area contributed by atoms with Crippen LogP contribution >= 0.6 is 0 Å². The van der Waals surface area contributed by atoms with E-state index in [1.165, 1.54) is 141 Å². The average Bonchev–Trinajstić information content (AvgIpc) is 3.15. The van der Waals surface area contributed by atoms with Crippen molar-refractivity contribution >= 4 is 17.9 Å². The van der Waals surface area contributed by atoms with Crippen molar-refractivity contribution in [3.8, 4) is 0 Å². The molecule has 0 N–H and O–H groups in total. The van der Waals surface area contributed by atoms with E-state index in [2.05, 4.69) is 41.5 Å². The second kappa shape index (κ2) is 40.6. The normalized spacial score (nSPS) is 12.7. The maximum absolute atomic E-state index is 12.7. The monoisotopic (exact) mass is 779 g/mol. The van der Waals surface area contributed by atoms with E-state index >= 15 is 0 Å². The third-order valence-electron chi connectivity index (χ3n) is 11.3. The molecule has 0 rings (SSSR count). The zero-order valence-corrected chi connectivity index (χ0v) is 37.7. The Morgan fingerprint density at radius 1 is 0.364 bits per heavy atom. The van der Waals surface area contributed by atoms with Gasteiger partial charge in [0.25, 0.3) is 0 Å². The fourth-order valence-corrected chi connectivity index (χ4v) is 7.20. The highest BCUT2D eigenvalue weighted by Gasteiger charge is 2.19. The summed E-state index contributed by atoms with van der Waals surface area (Å²) in [5.41, 5.74) is 0. The molecule has 0 aliphatic heterocycles. The summed E-state index contributed by atoms with van der Waals surface area (Å²) in [6.45, 7) is 13.7. The first kappa shape index (κ1) is 53.4. The van der Waals surface area contributed by atoms with E-state index in [0.717, 1.165) is 75.5 Å². The molecule has 0 radical (unpaired) electrons. The van der Waals surface area contributed by atoms with Crippen molar-refractivity contribution in [2.45, 2.75) is 266 Å². The number of carbonyl (C=O) groups excluding carboxylic acids is 3. The molecule has 0 aromatic heterocycles. The van der Waals surface area contributed by atoms with Gasteiger partial charge in [-0.15, -0.1) is 0 Å². The van der Waals surface area contributed by atoms with Crippen LogP contribution in [0.1, 0.15) is 260 Å². The van der Waals surface area contributed by atoms with Crippen LogP contribution in [-0.2, 0) is 28.6 Å². The number of unbranched alkanes of at least 4 members (excludes halogenated alkanes) is 24. The Hall–Kier alpha value is -1.59. The van der Waals surface area contributed by atoms with Gasteiger partial charge in [-0.25, -0.2) is 0 Å². The Bertz CT molecular complexity index is 854. The predicted octanol–water partition coefficient (Wildman–Crippen LogP) is 15.2. The molecule has 0 spiro atoms. The largest absolute Gasteiger partial charge is 0.462 e. The standard InChI is InChI=1S/C49H94O6/c1-7-45(6)37-31-25-21-22-27-33-39-48(51)54-42-46(41-53-47(50)38-32-26-19-15-12-11-14-18-24-30-36-44(4)5)55-49(52)40-34-28-20-16-10-8-9-13-17-23-29-35-43(2)3/h43-46H,7-42H2,1-6H3/t45?,46-/m1/s1. The van der Waals surface area contributed by atoms with Gasteiger partial charge in [-0.2, -0.15) is 0 Å². The molecule has 0 aliphatic carbocycles. The van der Waals surface area contributed by atoms with Crippen LogP contribution in [0.5, 0.6) is 0 Å². The number of esters is 3. The molecule has 0 aliphatic rings. The third kappa shape index (κ3) is 41.9. The van der Waals surface area contributed by atoms with Gasteiger partial charge in [-0.3, -0.25) is 14.4 Å². The highest BCUT2D eigenvalue weighted by atomic mass is 16.6. The highest BCUT2D eigenvalue weighted by molar-refractivity contribution is 5.71. The van der Waals surface area contributed by atoms with Gasteiger partial charge in [0.2, 0.25) is 0 Å². The van der Waals surface area contributed by atoms with E-state index in [4.69, 9.17) is 14.2 Å². The lowest BCUT2D eigenvalue weighted by Crippen LogP contribution is -2.30. The summed E-state index contributed by atoms with van der Waals surface area (Å²) in [6, 6.07) is 0. The van der Waals surface area contributed by atoms with Gasteiger partial charge in [0, 0.05) is 19.3 Å². The smallest absolute Gasteiger partial charge is 0.306 e. The maximum Gasteiger partial charge on any atom is 0.306 e. The number of rotatable bonds is 42. The molecule has 0 amide bonds. The van der Waals surface area contributed by atoms with E-state index < -0.39 is 6.10 Å². The van der Waals surface area contributed by atoms with Crippen LogP contribution in [0.2, 0.25) is 0 Å². The fraction of sp³-hybridized carbons (Fsp3) is 0.939. The summed E-state index contributed by atoms with van der Waals surface area (Å²) in [4.78, 5) is 37.8. The molecule has 0 aromatic carbocycles.